The summed E-state index contributed by atoms with van der Waals surface area (Å²) in [6.45, 7) is 4.75. The molecule has 3 aliphatic rings. The van der Waals surface area contributed by atoms with E-state index in [1.54, 1.807) is 0 Å². The van der Waals surface area contributed by atoms with E-state index in [9.17, 15) is 0 Å². The lowest BCUT2D eigenvalue weighted by Crippen LogP contribution is -2.26. The van der Waals surface area contributed by atoms with Crippen molar-refractivity contribution in [2.75, 3.05) is 9.80 Å². The summed E-state index contributed by atoms with van der Waals surface area (Å²) >= 11 is 0. The summed E-state index contributed by atoms with van der Waals surface area (Å²) in [7, 11) is 0. The predicted octanol–water partition coefficient (Wildman–Crippen LogP) is 37.8. The van der Waals surface area contributed by atoms with Gasteiger partial charge in [0.1, 0.15) is 0 Å². The summed E-state index contributed by atoms with van der Waals surface area (Å²) in [4.78, 5) is 4.93. The van der Waals surface area contributed by atoms with E-state index < -0.39 is 5.41 Å². The molecule has 29 rings (SSSR count). The van der Waals surface area contributed by atoms with Crippen molar-refractivity contribution in [1.29, 1.82) is 0 Å². The normalized spacial score (nSPS) is 13.6. The number of fused-ring (bicyclic) bond motifs is 23. The summed E-state index contributed by atoms with van der Waals surface area (Å²) in [6, 6.07) is 196. The summed E-state index contributed by atoms with van der Waals surface area (Å²) in [5, 5.41) is 14.8. The molecule has 0 saturated heterocycles. The van der Waals surface area contributed by atoms with Crippen molar-refractivity contribution in [2.45, 2.75) is 24.7 Å². The van der Waals surface area contributed by atoms with Crippen LogP contribution in [-0.2, 0) is 10.8 Å². The van der Waals surface area contributed by atoms with E-state index in [0.717, 1.165) is 84.3 Å². The van der Waals surface area contributed by atoms with Gasteiger partial charge in [0.25, 0.3) is 0 Å². The van der Waals surface area contributed by atoms with Gasteiger partial charge in [-0.3, -0.25) is 0 Å². The molecule has 1 unspecified atom stereocenters. The number of nitrogens with zero attached hydrogens (tertiary/aromatic N) is 4. The zero-order valence-corrected chi connectivity index (χ0v) is 79.4. The molecule has 0 amide bonds. The minimum atomic E-state index is -0.637. The predicted molar refractivity (Wildman–Crippen MR) is 606 cm³/mol. The summed E-state index contributed by atoms with van der Waals surface area (Å²) in [5.41, 5.74) is 44.8. The number of hydrogen-bond acceptors (Lipinski definition) is 2. The van der Waals surface area contributed by atoms with E-state index in [2.05, 4.69) is 554 Å². The first-order chi connectivity index (χ1) is 71.2. The highest BCUT2D eigenvalue weighted by molar-refractivity contribution is 6.24. The largest absolute Gasteiger partial charge is 0.310 e. The van der Waals surface area contributed by atoms with E-state index in [0.29, 0.717) is 0 Å². The highest BCUT2D eigenvalue weighted by Crippen LogP contribution is 2.65. The van der Waals surface area contributed by atoms with Crippen LogP contribution in [0.4, 0.5) is 34.1 Å². The molecule has 0 N–H and O–H groups in total. The van der Waals surface area contributed by atoms with Crippen molar-refractivity contribution in [2.24, 2.45) is 0 Å². The second kappa shape index (κ2) is 32.6. The van der Waals surface area contributed by atoms with Crippen molar-refractivity contribution in [3.63, 3.8) is 0 Å². The Hall–Kier alpha value is -18.5. The second-order valence-electron chi connectivity index (χ2n) is 39.6. The van der Waals surface area contributed by atoms with Crippen molar-refractivity contribution >= 4 is 121 Å². The van der Waals surface area contributed by atoms with Gasteiger partial charge in [-0.25, -0.2) is 0 Å². The zero-order chi connectivity index (χ0) is 95.0. The molecule has 3 aliphatic carbocycles. The molecule has 0 aliphatic heterocycles. The Bertz CT molecular complexity index is 9640. The maximum atomic E-state index is 2.53. The first kappa shape index (κ1) is 82.6. The van der Waals surface area contributed by atoms with Gasteiger partial charge in [0.05, 0.1) is 27.5 Å². The molecule has 26 aromatic rings. The minimum absolute atomic E-state index is 0.182. The van der Waals surface area contributed by atoms with Gasteiger partial charge in [-0.1, -0.05) is 396 Å². The van der Waals surface area contributed by atoms with Gasteiger partial charge in [-0.15, -0.1) is 0 Å². The molecule has 0 bridgehead atoms. The van der Waals surface area contributed by atoms with Crippen LogP contribution in [-0.4, -0.2) is 9.13 Å². The molecule has 1 atom stereocenters. The van der Waals surface area contributed by atoms with Gasteiger partial charge in [0.15, 0.2) is 0 Å². The summed E-state index contributed by atoms with van der Waals surface area (Å²) in [6.07, 6.45) is 0. The first-order valence-corrected chi connectivity index (χ1v) is 50.2. The molecule has 2 heterocycles. The Morgan fingerprint density at radius 1 is 0.153 bits per heavy atom. The van der Waals surface area contributed by atoms with E-state index in [1.807, 2.05) is 0 Å². The first-order valence-electron chi connectivity index (χ1n) is 50.2. The number of hydrogen-bond donors (Lipinski definition) is 0. The monoisotopic (exact) mass is 1830 g/mol. The molecular formula is C140H92N4. The fourth-order valence-electron chi connectivity index (χ4n) is 25.3. The Balaban J connectivity index is 0.508. The van der Waals surface area contributed by atoms with Crippen molar-refractivity contribution < 1.29 is 0 Å². The van der Waals surface area contributed by atoms with Gasteiger partial charge >= 0.3 is 0 Å². The van der Waals surface area contributed by atoms with Gasteiger partial charge in [0, 0.05) is 72.5 Å². The molecule has 4 heteroatoms. The van der Waals surface area contributed by atoms with Crippen LogP contribution >= 0.6 is 0 Å². The molecule has 0 radical (unpaired) electrons. The molecule has 672 valence electrons. The maximum Gasteiger partial charge on any atom is 0.0726 e. The average Bonchev–Trinajstić information content (AvgIpc) is 1.50. The molecule has 0 fully saturated rings. The van der Waals surface area contributed by atoms with E-state index in [-0.39, 0.29) is 5.41 Å². The minimum Gasteiger partial charge on any atom is -0.310 e. The third kappa shape index (κ3) is 12.6. The second-order valence-corrected chi connectivity index (χ2v) is 39.6. The Morgan fingerprint density at radius 2 is 0.417 bits per heavy atom. The Morgan fingerprint density at radius 3 is 0.833 bits per heavy atom. The lowest BCUT2D eigenvalue weighted by Gasteiger charge is -2.32. The van der Waals surface area contributed by atoms with E-state index in [4.69, 9.17) is 0 Å². The average molecular weight is 1830 g/mol. The van der Waals surface area contributed by atoms with Crippen LogP contribution in [0.5, 0.6) is 0 Å². The fraction of sp³-hybridized carbons (Fsp3) is 0.0286. The van der Waals surface area contributed by atoms with Crippen molar-refractivity contribution in [1.82, 2.24) is 9.13 Å². The van der Waals surface area contributed by atoms with Gasteiger partial charge in [-0.05, 0) is 327 Å². The van der Waals surface area contributed by atoms with E-state index >= 15 is 0 Å². The van der Waals surface area contributed by atoms with Crippen LogP contribution < -0.4 is 9.80 Å². The number of aromatic nitrogens is 2. The smallest absolute Gasteiger partial charge is 0.0726 e. The number of para-hydroxylation sites is 3. The van der Waals surface area contributed by atoms with Gasteiger partial charge in [-0.2, -0.15) is 0 Å². The standard InChI is InChI=1S/C140H92N4/c1-139(2)125-49-25-20-36-107(125)110-79-77-105(87-129(110)139)141(102-73-60-94(61-74-102)137-118-45-16-12-41-114(118)135(92-30-6-3-7-31-92)115-42-13-17-46-119(115)137)100-67-54-90(55-68-100)98-66-83-134-124(86-98)113-40-24-29-53-132(113)144(134)104-71-58-89(59-72-104)96-64-81-128-122(84-96)109-38-22-27-51-127(109)140(128)126-50-26-21-37-108(126)111-80-78-106(88-130(111)140)142(101-69-56-91(57-70-101)97-65-82-133-123(85-97)112-39-23-28-52-131(112)143(133)99-34-10-5-11-35-99)103-75-62-95(63-76-103)138-120-47-18-14-43-116(120)136(93-32-8-4-9-33-93)117-44-15-19-48-121(117)138/h3-88H,1-2H3. The quantitative estimate of drug-likeness (QED) is 0.0951. The molecule has 2 aromatic heterocycles. The third-order valence-electron chi connectivity index (χ3n) is 31.7. The fourth-order valence-corrected chi connectivity index (χ4v) is 25.3. The highest BCUT2D eigenvalue weighted by Gasteiger charge is 2.52. The SMILES string of the molecule is CC1(C)c2ccccc2-c2ccc(N(c3ccc(-c4ccc5c(c4)c4ccccc4n5-c4ccc(-c5ccc6c(c5)-c5ccccc5C65c6ccccc6-c6ccc(N(c7ccc(-c8ccc9c(c8)c8ccccc8n9-c8ccccc8)cc7)c7ccc(-c8c9ccccc9c(-c9ccccc9)c9ccccc89)cc7)cc65)cc4)cc3)c3ccc(-c4c5ccccc5c(-c5ccccc5)c5ccccc45)cc3)cc21. The zero-order valence-electron chi connectivity index (χ0n) is 79.4. The lowest BCUT2D eigenvalue weighted by molar-refractivity contribution is 0.660. The van der Waals surface area contributed by atoms with Gasteiger partial charge < -0.3 is 18.9 Å². The number of benzene rings is 24. The Kier molecular flexibility index (Phi) is 18.7. The van der Waals surface area contributed by atoms with Crippen LogP contribution in [0, 0.1) is 0 Å². The topological polar surface area (TPSA) is 16.3 Å². The molecule has 0 saturated carbocycles. The van der Waals surface area contributed by atoms with E-state index in [1.165, 1.54) is 193 Å². The molecule has 4 nitrogen and oxygen atoms in total. The maximum absolute atomic E-state index is 2.53. The van der Waals surface area contributed by atoms with Gasteiger partial charge in [0.2, 0.25) is 0 Å². The van der Waals surface area contributed by atoms with Crippen LogP contribution in [0.2, 0.25) is 0 Å². The molecular weight excluding hydrogens is 1740 g/mol. The van der Waals surface area contributed by atoms with Crippen LogP contribution in [0.15, 0.2) is 522 Å². The summed E-state index contributed by atoms with van der Waals surface area (Å²) in [5.74, 6) is 0. The van der Waals surface area contributed by atoms with Crippen LogP contribution in [0.3, 0.4) is 0 Å². The highest BCUT2D eigenvalue weighted by atomic mass is 15.1. The number of anilines is 6. The third-order valence-corrected chi connectivity index (χ3v) is 31.7. The number of rotatable bonds is 15. The van der Waals surface area contributed by atoms with Crippen molar-refractivity contribution in [3.8, 4) is 123 Å². The molecule has 24 aromatic carbocycles. The molecule has 1 spiro atoms. The Labute approximate surface area is 836 Å². The summed E-state index contributed by atoms with van der Waals surface area (Å²) < 4.78 is 4.84. The molecule has 144 heavy (non-hydrogen) atoms. The van der Waals surface area contributed by atoms with Crippen LogP contribution in [0.25, 0.3) is 209 Å². The van der Waals surface area contributed by atoms with Crippen molar-refractivity contribution in [3.05, 3.63) is 555 Å². The van der Waals surface area contributed by atoms with Crippen LogP contribution in [0.1, 0.15) is 47.2 Å². The lowest BCUT2D eigenvalue weighted by atomic mass is 9.70.